The molecule has 0 fully saturated rings. The number of nitrogens with two attached hydrogens (primary N) is 1. The van der Waals surface area contributed by atoms with Gasteiger partial charge >= 0.3 is 6.18 Å². The van der Waals surface area contributed by atoms with Gasteiger partial charge < -0.3 is 10.3 Å². The van der Waals surface area contributed by atoms with Crippen LogP contribution in [0, 0.1) is 0 Å². The minimum atomic E-state index is -4.31. The van der Waals surface area contributed by atoms with E-state index in [9.17, 15) is 18.0 Å². The quantitative estimate of drug-likeness (QED) is 0.872. The first-order chi connectivity index (χ1) is 7.87. The highest BCUT2D eigenvalue weighted by atomic mass is 19.4. The lowest BCUT2D eigenvalue weighted by molar-refractivity contribution is -0.139. The third-order valence-electron chi connectivity index (χ3n) is 2.26. The normalized spacial score (nSPS) is 11.9. The highest BCUT2D eigenvalue weighted by molar-refractivity contribution is 5.96. The van der Waals surface area contributed by atoms with Crippen molar-refractivity contribution in [2.75, 3.05) is 0 Å². The Morgan fingerprint density at radius 3 is 2.71 bits per heavy atom. The second kappa shape index (κ2) is 3.76. The summed E-state index contributed by atoms with van der Waals surface area (Å²) >= 11 is 0. The number of carbonyl (C=O) groups is 1. The maximum Gasteiger partial charge on any atom is 0.406 e. The van der Waals surface area contributed by atoms with Crippen LogP contribution in [0.5, 0.6) is 0 Å². The van der Waals surface area contributed by atoms with Crippen LogP contribution in [0.2, 0.25) is 0 Å². The Kier molecular flexibility index (Phi) is 2.53. The lowest BCUT2D eigenvalue weighted by Gasteiger charge is -2.07. The Balaban J connectivity index is 2.45. The number of imidazole rings is 1. The molecule has 2 N–H and O–H groups in total. The van der Waals surface area contributed by atoms with E-state index in [0.29, 0.717) is 11.0 Å². The molecule has 1 aromatic carbocycles. The summed E-state index contributed by atoms with van der Waals surface area (Å²) in [5.41, 5.74) is 5.90. The summed E-state index contributed by atoms with van der Waals surface area (Å²) in [6.07, 6.45) is -3.22. The van der Waals surface area contributed by atoms with E-state index >= 15 is 0 Å². The van der Waals surface area contributed by atoms with Crippen LogP contribution in [0.4, 0.5) is 13.2 Å². The van der Waals surface area contributed by atoms with Gasteiger partial charge in [0.25, 0.3) is 0 Å². The van der Waals surface area contributed by atoms with Crippen molar-refractivity contribution < 1.29 is 18.0 Å². The van der Waals surface area contributed by atoms with E-state index in [-0.39, 0.29) is 5.56 Å². The van der Waals surface area contributed by atoms with E-state index in [1.54, 1.807) is 0 Å². The van der Waals surface area contributed by atoms with Crippen LogP contribution in [0.1, 0.15) is 10.4 Å². The molecule has 0 aliphatic heterocycles. The minimum absolute atomic E-state index is 0.217. The van der Waals surface area contributed by atoms with Crippen molar-refractivity contribution in [1.82, 2.24) is 9.55 Å². The molecule has 1 heterocycles. The molecule has 0 aliphatic carbocycles. The molecule has 0 bridgehead atoms. The van der Waals surface area contributed by atoms with E-state index in [1.165, 1.54) is 18.2 Å². The molecule has 2 rings (SSSR count). The third kappa shape index (κ3) is 2.38. The average Bonchev–Trinajstić information content (AvgIpc) is 2.58. The Morgan fingerprint density at radius 1 is 1.41 bits per heavy atom. The Hall–Kier alpha value is -2.05. The molecule has 0 spiro atoms. The highest BCUT2D eigenvalue weighted by Gasteiger charge is 2.28. The SMILES string of the molecule is NC(=O)c1ccc2c(c1)ncn2CC(F)(F)F. The van der Waals surface area contributed by atoms with Crippen molar-refractivity contribution in [1.29, 1.82) is 0 Å². The summed E-state index contributed by atoms with van der Waals surface area (Å²) in [7, 11) is 0. The van der Waals surface area contributed by atoms with Crippen molar-refractivity contribution in [2.45, 2.75) is 12.7 Å². The van der Waals surface area contributed by atoms with Crippen molar-refractivity contribution >= 4 is 16.9 Å². The first-order valence-electron chi connectivity index (χ1n) is 4.68. The van der Waals surface area contributed by atoms with Crippen LogP contribution in [0.15, 0.2) is 24.5 Å². The summed E-state index contributed by atoms with van der Waals surface area (Å²) < 4.78 is 37.7. The molecule has 1 amide bonds. The topological polar surface area (TPSA) is 60.9 Å². The van der Waals surface area contributed by atoms with Gasteiger partial charge in [-0.25, -0.2) is 4.98 Å². The molecular weight excluding hydrogens is 235 g/mol. The molecule has 2 aromatic rings. The fourth-order valence-corrected chi connectivity index (χ4v) is 1.54. The van der Waals surface area contributed by atoms with Crippen LogP contribution in [0.3, 0.4) is 0 Å². The molecule has 4 nitrogen and oxygen atoms in total. The van der Waals surface area contributed by atoms with Crippen LogP contribution >= 0.6 is 0 Å². The number of carbonyl (C=O) groups excluding carboxylic acids is 1. The zero-order chi connectivity index (χ0) is 12.6. The van der Waals surface area contributed by atoms with Gasteiger partial charge in [-0.05, 0) is 18.2 Å². The van der Waals surface area contributed by atoms with Gasteiger partial charge in [-0.3, -0.25) is 4.79 Å². The summed E-state index contributed by atoms with van der Waals surface area (Å²) in [4.78, 5) is 14.7. The van der Waals surface area contributed by atoms with Crippen molar-refractivity contribution in [3.8, 4) is 0 Å². The van der Waals surface area contributed by atoms with Gasteiger partial charge in [-0.15, -0.1) is 0 Å². The Labute approximate surface area is 93.8 Å². The van der Waals surface area contributed by atoms with Crippen LogP contribution < -0.4 is 5.73 Å². The molecular formula is C10H8F3N3O. The molecule has 0 aliphatic rings. The van der Waals surface area contributed by atoms with Gasteiger partial charge in [0.1, 0.15) is 6.54 Å². The number of hydrogen-bond acceptors (Lipinski definition) is 2. The maximum absolute atomic E-state index is 12.2. The lowest BCUT2D eigenvalue weighted by atomic mass is 10.2. The average molecular weight is 243 g/mol. The standard InChI is InChI=1S/C10H8F3N3O/c11-10(12,13)4-16-5-15-7-3-6(9(14)17)1-2-8(7)16/h1-3,5H,4H2,(H2,14,17). The van der Waals surface area contributed by atoms with Crippen molar-refractivity contribution in [3.63, 3.8) is 0 Å². The number of hydrogen-bond donors (Lipinski definition) is 1. The maximum atomic E-state index is 12.2. The number of fused-ring (bicyclic) bond motifs is 1. The summed E-state index contributed by atoms with van der Waals surface area (Å²) in [6.45, 7) is -1.11. The van der Waals surface area contributed by atoms with Crippen molar-refractivity contribution in [3.05, 3.63) is 30.1 Å². The minimum Gasteiger partial charge on any atom is -0.366 e. The van der Waals surface area contributed by atoms with Gasteiger partial charge in [0.15, 0.2) is 0 Å². The number of nitrogens with zero attached hydrogens (tertiary/aromatic N) is 2. The van der Waals surface area contributed by atoms with Gasteiger partial charge in [0.2, 0.25) is 5.91 Å². The van der Waals surface area contributed by atoms with E-state index in [4.69, 9.17) is 5.73 Å². The summed E-state index contributed by atoms with van der Waals surface area (Å²) in [6, 6.07) is 4.14. The third-order valence-corrected chi connectivity index (χ3v) is 2.26. The monoisotopic (exact) mass is 243 g/mol. The number of benzene rings is 1. The first kappa shape index (κ1) is 11.4. The Morgan fingerprint density at radius 2 is 2.12 bits per heavy atom. The number of primary amides is 1. The molecule has 17 heavy (non-hydrogen) atoms. The number of alkyl halides is 3. The van der Waals surface area contributed by atoms with Gasteiger partial charge in [-0.1, -0.05) is 0 Å². The van der Waals surface area contributed by atoms with Crippen LogP contribution in [-0.2, 0) is 6.54 Å². The summed E-state index contributed by atoms with van der Waals surface area (Å²) in [5, 5.41) is 0. The predicted octanol–water partition coefficient (Wildman–Crippen LogP) is 1.70. The fourth-order valence-electron chi connectivity index (χ4n) is 1.54. The molecule has 1 aromatic heterocycles. The van der Waals surface area contributed by atoms with E-state index in [0.717, 1.165) is 10.9 Å². The van der Waals surface area contributed by atoms with Gasteiger partial charge in [-0.2, -0.15) is 13.2 Å². The van der Waals surface area contributed by atoms with Crippen molar-refractivity contribution in [2.24, 2.45) is 5.73 Å². The second-order valence-electron chi connectivity index (χ2n) is 3.56. The predicted molar refractivity (Wildman–Crippen MR) is 54.3 cm³/mol. The fraction of sp³-hybridized carbons (Fsp3) is 0.200. The number of amides is 1. The molecule has 0 radical (unpaired) electrons. The molecule has 0 saturated carbocycles. The van der Waals surface area contributed by atoms with Gasteiger partial charge in [0, 0.05) is 5.56 Å². The molecule has 0 saturated heterocycles. The molecule has 7 heteroatoms. The largest absolute Gasteiger partial charge is 0.406 e. The molecule has 90 valence electrons. The number of rotatable bonds is 2. The van der Waals surface area contributed by atoms with Gasteiger partial charge in [0.05, 0.1) is 17.4 Å². The van der Waals surface area contributed by atoms with E-state index < -0.39 is 18.6 Å². The molecule has 0 atom stereocenters. The highest BCUT2D eigenvalue weighted by Crippen LogP contribution is 2.21. The molecule has 0 unspecified atom stereocenters. The van der Waals surface area contributed by atoms with E-state index in [1.807, 2.05) is 0 Å². The zero-order valence-corrected chi connectivity index (χ0v) is 8.53. The number of halogens is 3. The van der Waals surface area contributed by atoms with Crippen LogP contribution in [0.25, 0.3) is 11.0 Å². The van der Waals surface area contributed by atoms with E-state index in [2.05, 4.69) is 4.98 Å². The van der Waals surface area contributed by atoms with Crippen LogP contribution in [-0.4, -0.2) is 21.6 Å². The number of aromatic nitrogens is 2. The smallest absolute Gasteiger partial charge is 0.366 e. The zero-order valence-electron chi connectivity index (χ0n) is 8.53. The first-order valence-corrected chi connectivity index (χ1v) is 4.68. The second-order valence-corrected chi connectivity index (χ2v) is 3.56. The summed E-state index contributed by atoms with van der Waals surface area (Å²) in [5.74, 6) is -0.641. The lowest BCUT2D eigenvalue weighted by Crippen LogP contribution is -2.17. The Bertz CT molecular complexity index is 574.